The predicted molar refractivity (Wildman–Crippen MR) is 64.7 cm³/mol. The highest BCUT2D eigenvalue weighted by Gasteiger charge is 2.54. The molecule has 2 aromatic rings. The van der Waals surface area contributed by atoms with E-state index in [0.717, 1.165) is 0 Å². The first-order chi connectivity index (χ1) is 8.75. The number of carbonyl (C=O) groups is 1. The van der Waals surface area contributed by atoms with E-state index >= 15 is 0 Å². The van der Waals surface area contributed by atoms with E-state index < -0.39 is 17.5 Å². The van der Waals surface area contributed by atoms with Crippen molar-refractivity contribution in [3.05, 3.63) is 42.2 Å². The van der Waals surface area contributed by atoms with Gasteiger partial charge in [-0.05, 0) is 18.4 Å². The van der Waals surface area contributed by atoms with Crippen LogP contribution in [0, 0.1) is 0 Å². The second-order valence-corrected chi connectivity index (χ2v) is 4.43. The third-order valence-corrected chi connectivity index (χ3v) is 2.99. The summed E-state index contributed by atoms with van der Waals surface area (Å²) >= 11 is 0. The fraction of sp³-hybridized carbons (Fsp3) is 0.231. The smallest absolute Gasteiger partial charge is 0.311 e. The van der Waals surface area contributed by atoms with Crippen LogP contribution in [-0.4, -0.2) is 22.5 Å². The molecule has 3 nitrogen and oxygen atoms in total. The molecule has 100 valence electrons. The number of hydrogen-bond donors (Lipinski definition) is 1. The molecule has 2 rings (SSSR count). The van der Waals surface area contributed by atoms with Crippen molar-refractivity contribution < 1.29 is 18.0 Å². The number of pyridine rings is 1. The molecule has 19 heavy (non-hydrogen) atoms. The molecule has 0 saturated heterocycles. The van der Waals surface area contributed by atoms with Gasteiger partial charge in [-0.25, -0.2) is 0 Å². The first-order valence-corrected chi connectivity index (χ1v) is 5.48. The Balaban J connectivity index is 2.60. The summed E-state index contributed by atoms with van der Waals surface area (Å²) in [5.41, 5.74) is 2.17. The van der Waals surface area contributed by atoms with Crippen molar-refractivity contribution in [3.63, 3.8) is 0 Å². The van der Waals surface area contributed by atoms with Crippen LogP contribution in [-0.2, 0) is 0 Å². The number of hydrogen-bond acceptors (Lipinski definition) is 3. The van der Waals surface area contributed by atoms with Crippen LogP contribution in [0.4, 0.5) is 13.2 Å². The Hall–Kier alpha value is -1.95. The van der Waals surface area contributed by atoms with Crippen LogP contribution in [0.15, 0.2) is 36.7 Å². The molecule has 6 heteroatoms. The molecular formula is C13H11F3N2O. The molecule has 1 unspecified atom stereocenters. The summed E-state index contributed by atoms with van der Waals surface area (Å²) in [7, 11) is 0. The van der Waals surface area contributed by atoms with Crippen LogP contribution in [0.3, 0.4) is 0 Å². The Morgan fingerprint density at radius 2 is 1.95 bits per heavy atom. The van der Waals surface area contributed by atoms with Gasteiger partial charge in [0.15, 0.2) is 11.3 Å². The molecule has 0 fully saturated rings. The van der Waals surface area contributed by atoms with Crippen molar-refractivity contribution in [1.82, 2.24) is 4.98 Å². The molecule has 0 aliphatic carbocycles. The second-order valence-electron chi connectivity index (χ2n) is 4.43. The minimum atomic E-state index is -4.81. The molecule has 0 amide bonds. The molecule has 1 aromatic carbocycles. The normalized spacial score (nSPS) is 15.2. The number of carbonyl (C=O) groups excluding carboxylic acids is 1. The number of benzene rings is 1. The fourth-order valence-corrected chi connectivity index (χ4v) is 1.72. The third kappa shape index (κ3) is 2.19. The zero-order valence-electron chi connectivity index (χ0n) is 10.0. The lowest BCUT2D eigenvalue weighted by molar-refractivity contribution is -0.165. The minimum absolute atomic E-state index is 0.0760. The van der Waals surface area contributed by atoms with E-state index in [0.29, 0.717) is 17.7 Å². The molecule has 1 atom stereocenters. The summed E-state index contributed by atoms with van der Waals surface area (Å²) in [5, 5.41) is 0.995. The maximum Gasteiger partial charge on any atom is 0.413 e. The summed E-state index contributed by atoms with van der Waals surface area (Å²) in [4.78, 5) is 15.9. The molecule has 0 aliphatic heterocycles. The van der Waals surface area contributed by atoms with Gasteiger partial charge < -0.3 is 5.73 Å². The first kappa shape index (κ1) is 13.5. The van der Waals surface area contributed by atoms with Crippen LogP contribution in [0.5, 0.6) is 0 Å². The van der Waals surface area contributed by atoms with Gasteiger partial charge in [0.25, 0.3) is 0 Å². The summed E-state index contributed by atoms with van der Waals surface area (Å²) in [5.74, 6) is -1.17. The average molecular weight is 268 g/mol. The van der Waals surface area contributed by atoms with Gasteiger partial charge in [-0.2, -0.15) is 13.2 Å². The highest BCUT2D eigenvalue weighted by atomic mass is 19.4. The van der Waals surface area contributed by atoms with E-state index in [9.17, 15) is 18.0 Å². The third-order valence-electron chi connectivity index (χ3n) is 2.99. The molecular weight excluding hydrogens is 257 g/mol. The van der Waals surface area contributed by atoms with Crippen LogP contribution in [0.25, 0.3) is 10.8 Å². The number of rotatable bonds is 2. The van der Waals surface area contributed by atoms with Crippen molar-refractivity contribution in [2.75, 3.05) is 0 Å². The Labute approximate surface area is 107 Å². The van der Waals surface area contributed by atoms with Crippen molar-refractivity contribution in [2.24, 2.45) is 5.73 Å². The van der Waals surface area contributed by atoms with Gasteiger partial charge in [0.1, 0.15) is 0 Å². The largest absolute Gasteiger partial charge is 0.413 e. The lowest BCUT2D eigenvalue weighted by atomic mass is 9.89. The van der Waals surface area contributed by atoms with Crippen molar-refractivity contribution in [2.45, 2.75) is 18.6 Å². The number of halogens is 3. The molecule has 0 bridgehead atoms. The lowest BCUT2D eigenvalue weighted by Gasteiger charge is -2.26. The van der Waals surface area contributed by atoms with Gasteiger partial charge >= 0.3 is 6.18 Å². The van der Waals surface area contributed by atoms with Crippen LogP contribution in [0.2, 0.25) is 0 Å². The zero-order chi connectivity index (χ0) is 14.3. The Morgan fingerprint density at radius 3 is 2.58 bits per heavy atom. The standard InChI is InChI=1S/C13H11F3N2O/c1-12(17,13(14,15)16)11(19)9-4-2-3-8-5-6-18-7-10(8)9/h2-7H,17H2,1H3. The number of nitrogens with zero attached hydrogens (tertiary/aromatic N) is 1. The molecule has 0 saturated carbocycles. The Kier molecular flexibility index (Phi) is 3.06. The van der Waals surface area contributed by atoms with E-state index in [1.54, 1.807) is 12.1 Å². The van der Waals surface area contributed by atoms with Crippen LogP contribution in [0.1, 0.15) is 17.3 Å². The quantitative estimate of drug-likeness (QED) is 0.852. The molecule has 2 N–H and O–H groups in total. The summed E-state index contributed by atoms with van der Waals surface area (Å²) in [6, 6.07) is 6.15. The van der Waals surface area contributed by atoms with Crippen LogP contribution >= 0.6 is 0 Å². The molecule has 0 spiro atoms. The number of aromatic nitrogens is 1. The van der Waals surface area contributed by atoms with E-state index in [1.807, 2.05) is 0 Å². The maximum atomic E-state index is 12.8. The monoisotopic (exact) mass is 268 g/mol. The van der Waals surface area contributed by atoms with Crippen molar-refractivity contribution in [1.29, 1.82) is 0 Å². The van der Waals surface area contributed by atoms with Crippen molar-refractivity contribution in [3.8, 4) is 0 Å². The average Bonchev–Trinajstić information content (AvgIpc) is 2.36. The van der Waals surface area contributed by atoms with Gasteiger partial charge in [0.05, 0.1) is 0 Å². The zero-order valence-corrected chi connectivity index (χ0v) is 10.0. The highest BCUT2D eigenvalue weighted by molar-refractivity contribution is 6.12. The number of alkyl halides is 3. The Morgan fingerprint density at radius 1 is 1.26 bits per heavy atom. The molecule has 0 radical (unpaired) electrons. The molecule has 0 aliphatic rings. The van der Waals surface area contributed by atoms with E-state index in [1.165, 1.54) is 24.5 Å². The minimum Gasteiger partial charge on any atom is -0.311 e. The fourth-order valence-electron chi connectivity index (χ4n) is 1.72. The van der Waals surface area contributed by atoms with Gasteiger partial charge in [-0.1, -0.05) is 18.2 Å². The van der Waals surface area contributed by atoms with Gasteiger partial charge in [0, 0.05) is 23.3 Å². The topological polar surface area (TPSA) is 56.0 Å². The predicted octanol–water partition coefficient (Wildman–Crippen LogP) is 2.70. The Bertz CT molecular complexity index is 630. The van der Waals surface area contributed by atoms with E-state index in [2.05, 4.69) is 4.98 Å². The summed E-state index contributed by atoms with van der Waals surface area (Å²) in [6.45, 7) is 0.671. The highest BCUT2D eigenvalue weighted by Crippen LogP contribution is 2.32. The molecule has 1 aromatic heterocycles. The van der Waals surface area contributed by atoms with Gasteiger partial charge in [-0.3, -0.25) is 9.78 Å². The maximum absolute atomic E-state index is 12.8. The lowest BCUT2D eigenvalue weighted by Crippen LogP contribution is -2.57. The SMILES string of the molecule is CC(N)(C(=O)c1cccc2ccncc12)C(F)(F)F. The summed E-state index contributed by atoms with van der Waals surface area (Å²) < 4.78 is 38.4. The number of ketones is 1. The number of fused-ring (bicyclic) bond motifs is 1. The van der Waals surface area contributed by atoms with Crippen molar-refractivity contribution >= 4 is 16.6 Å². The van der Waals surface area contributed by atoms with Crippen LogP contribution < -0.4 is 5.73 Å². The van der Waals surface area contributed by atoms with E-state index in [-0.39, 0.29) is 5.56 Å². The summed E-state index contributed by atoms with van der Waals surface area (Å²) in [6.07, 6.45) is -1.95. The number of Topliss-reactive ketones (excluding diaryl/α,β-unsaturated/α-hetero) is 1. The van der Waals surface area contributed by atoms with E-state index in [4.69, 9.17) is 5.73 Å². The first-order valence-electron chi connectivity index (χ1n) is 5.48. The number of nitrogens with two attached hydrogens (primary N) is 1. The molecule has 1 heterocycles. The van der Waals surface area contributed by atoms with Gasteiger partial charge in [0.2, 0.25) is 0 Å². The van der Waals surface area contributed by atoms with Gasteiger partial charge in [-0.15, -0.1) is 0 Å². The second kappa shape index (κ2) is 4.31.